The average molecular weight is 384 g/mol. The van der Waals surface area contributed by atoms with Crippen LogP contribution in [0.25, 0.3) is 0 Å². The molecule has 1 aromatic carbocycles. The summed E-state index contributed by atoms with van der Waals surface area (Å²) in [6, 6.07) is 4.24. The fraction of sp³-hybridized carbons (Fsp3) is 0.526. The van der Waals surface area contributed by atoms with Crippen LogP contribution in [0.1, 0.15) is 60.0 Å². The second-order valence-electron chi connectivity index (χ2n) is 7.56. The lowest BCUT2D eigenvalue weighted by Gasteiger charge is -2.32. The summed E-state index contributed by atoms with van der Waals surface area (Å²) in [5, 5.41) is 20.0. The molecule has 148 valence electrons. The Morgan fingerprint density at radius 1 is 1.18 bits per heavy atom. The first-order chi connectivity index (χ1) is 13.5. The Bertz CT molecular complexity index is 909. The van der Waals surface area contributed by atoms with Crippen molar-refractivity contribution in [1.82, 2.24) is 19.7 Å². The number of nitro benzene ring substituents is 1. The van der Waals surface area contributed by atoms with Gasteiger partial charge in [0.05, 0.1) is 4.92 Å². The number of nitro groups is 1. The molecule has 28 heavy (non-hydrogen) atoms. The van der Waals surface area contributed by atoms with Crippen LogP contribution in [0.4, 0.5) is 11.4 Å². The zero-order valence-electron chi connectivity index (χ0n) is 15.7. The van der Waals surface area contributed by atoms with E-state index < -0.39 is 4.92 Å². The van der Waals surface area contributed by atoms with Gasteiger partial charge in [-0.05, 0) is 37.8 Å². The van der Waals surface area contributed by atoms with Crippen molar-refractivity contribution in [2.45, 2.75) is 51.0 Å². The molecule has 2 aromatic rings. The highest BCUT2D eigenvalue weighted by atomic mass is 16.6. The number of carbonyl (C=O) groups is 1. The van der Waals surface area contributed by atoms with E-state index in [9.17, 15) is 14.9 Å². The van der Waals surface area contributed by atoms with E-state index in [0.29, 0.717) is 18.7 Å². The van der Waals surface area contributed by atoms with Gasteiger partial charge in [-0.1, -0.05) is 6.42 Å². The van der Waals surface area contributed by atoms with Crippen LogP contribution in [0.2, 0.25) is 0 Å². The minimum absolute atomic E-state index is 0.0595. The van der Waals surface area contributed by atoms with Gasteiger partial charge >= 0.3 is 0 Å². The van der Waals surface area contributed by atoms with Gasteiger partial charge < -0.3 is 15.2 Å². The van der Waals surface area contributed by atoms with Gasteiger partial charge in [-0.2, -0.15) is 0 Å². The van der Waals surface area contributed by atoms with Crippen molar-refractivity contribution in [2.24, 2.45) is 0 Å². The van der Waals surface area contributed by atoms with Crippen LogP contribution in [-0.4, -0.2) is 43.6 Å². The summed E-state index contributed by atoms with van der Waals surface area (Å²) in [5.41, 5.74) is 5.77. The third kappa shape index (κ3) is 3.44. The number of amides is 1. The van der Waals surface area contributed by atoms with Crippen LogP contribution in [0, 0.1) is 10.1 Å². The second-order valence-corrected chi connectivity index (χ2v) is 7.56. The molecule has 2 aliphatic rings. The van der Waals surface area contributed by atoms with E-state index in [0.717, 1.165) is 50.3 Å². The molecule has 1 unspecified atom stereocenters. The minimum atomic E-state index is -0.559. The molecular weight excluding hydrogens is 360 g/mol. The molecule has 1 saturated heterocycles. The first kappa shape index (κ1) is 18.4. The van der Waals surface area contributed by atoms with E-state index in [1.54, 1.807) is 11.0 Å². The van der Waals surface area contributed by atoms with Gasteiger partial charge in [-0.15, -0.1) is 10.2 Å². The van der Waals surface area contributed by atoms with Crippen LogP contribution in [0.15, 0.2) is 18.2 Å². The lowest BCUT2D eigenvalue weighted by Crippen LogP contribution is -2.39. The number of nitrogens with two attached hydrogens (primary N) is 1. The number of aromatic nitrogens is 3. The van der Waals surface area contributed by atoms with Crippen LogP contribution in [-0.2, 0) is 13.0 Å². The Morgan fingerprint density at radius 3 is 2.86 bits per heavy atom. The third-order valence-corrected chi connectivity index (χ3v) is 5.69. The van der Waals surface area contributed by atoms with Crippen molar-refractivity contribution in [3.05, 3.63) is 45.5 Å². The number of fused-ring (bicyclic) bond motifs is 1. The van der Waals surface area contributed by atoms with Crippen molar-refractivity contribution < 1.29 is 9.72 Å². The molecule has 3 heterocycles. The van der Waals surface area contributed by atoms with Crippen molar-refractivity contribution in [3.8, 4) is 0 Å². The predicted molar refractivity (Wildman–Crippen MR) is 103 cm³/mol. The number of nitrogens with zero attached hydrogens (tertiary/aromatic N) is 5. The quantitative estimate of drug-likeness (QED) is 0.493. The molecule has 2 aliphatic heterocycles. The second kappa shape index (κ2) is 7.57. The normalized spacial score (nSPS) is 19.7. The maximum atomic E-state index is 13.0. The van der Waals surface area contributed by atoms with Gasteiger partial charge in [0, 0.05) is 43.6 Å². The number of anilines is 1. The van der Waals surface area contributed by atoms with Gasteiger partial charge in [-0.25, -0.2) is 0 Å². The van der Waals surface area contributed by atoms with Gasteiger partial charge in [0.2, 0.25) is 0 Å². The van der Waals surface area contributed by atoms with E-state index in [2.05, 4.69) is 14.8 Å². The molecule has 4 rings (SSSR count). The summed E-state index contributed by atoms with van der Waals surface area (Å²) in [5.74, 6) is 1.95. The number of rotatable bonds is 3. The molecule has 1 amide bonds. The maximum absolute atomic E-state index is 13.0. The van der Waals surface area contributed by atoms with Crippen LogP contribution in [0.5, 0.6) is 0 Å². The number of nitrogen functional groups attached to an aromatic ring is 1. The molecule has 0 saturated carbocycles. The fourth-order valence-electron chi connectivity index (χ4n) is 4.20. The lowest BCUT2D eigenvalue weighted by molar-refractivity contribution is -0.383. The largest absolute Gasteiger partial charge is 0.393 e. The third-order valence-electron chi connectivity index (χ3n) is 5.69. The molecule has 1 atom stereocenters. The standard InChI is InChI=1S/C19H24N6O3/c20-15-8-7-13(11-16(15)25(27)28)19(26)23-9-4-5-14(12-23)18-22-21-17-6-2-1-3-10-24(17)18/h7-8,11,14H,1-6,9-10,12,20H2. The van der Waals surface area contributed by atoms with Gasteiger partial charge in [-0.3, -0.25) is 14.9 Å². The van der Waals surface area contributed by atoms with Gasteiger partial charge in [0.15, 0.2) is 0 Å². The Hall–Kier alpha value is -2.97. The van der Waals surface area contributed by atoms with Crippen molar-refractivity contribution in [3.63, 3.8) is 0 Å². The molecule has 2 N–H and O–H groups in total. The maximum Gasteiger partial charge on any atom is 0.292 e. The molecule has 0 bridgehead atoms. The van der Waals surface area contributed by atoms with E-state index >= 15 is 0 Å². The summed E-state index contributed by atoms with van der Waals surface area (Å²) in [4.78, 5) is 25.3. The molecule has 1 fully saturated rings. The SMILES string of the molecule is Nc1ccc(C(=O)N2CCCC(c3nnc4n3CCCCC4)C2)cc1[N+](=O)[O-]. The monoisotopic (exact) mass is 384 g/mol. The number of aryl methyl sites for hydroxylation is 1. The van der Waals surface area contributed by atoms with Crippen molar-refractivity contribution in [2.75, 3.05) is 18.8 Å². The zero-order valence-corrected chi connectivity index (χ0v) is 15.7. The molecule has 1 aromatic heterocycles. The topological polar surface area (TPSA) is 120 Å². The first-order valence-electron chi connectivity index (χ1n) is 9.80. The summed E-state index contributed by atoms with van der Waals surface area (Å²) in [6.07, 6.45) is 6.26. The number of piperidine rings is 1. The molecule has 0 spiro atoms. The van der Waals surface area contributed by atoms with E-state index in [1.807, 2.05) is 0 Å². The van der Waals surface area contributed by atoms with E-state index in [4.69, 9.17) is 5.73 Å². The van der Waals surface area contributed by atoms with E-state index in [-0.39, 0.29) is 23.2 Å². The summed E-state index contributed by atoms with van der Waals surface area (Å²) in [6.45, 7) is 2.12. The number of hydrogen-bond donors (Lipinski definition) is 1. The molecule has 9 nitrogen and oxygen atoms in total. The van der Waals surface area contributed by atoms with Crippen LogP contribution < -0.4 is 5.73 Å². The Morgan fingerprint density at radius 2 is 2.04 bits per heavy atom. The summed E-state index contributed by atoms with van der Waals surface area (Å²) in [7, 11) is 0. The van der Waals surface area contributed by atoms with Crippen LogP contribution in [0.3, 0.4) is 0 Å². The fourth-order valence-corrected chi connectivity index (χ4v) is 4.20. The van der Waals surface area contributed by atoms with Crippen molar-refractivity contribution >= 4 is 17.3 Å². The highest BCUT2D eigenvalue weighted by Crippen LogP contribution is 2.30. The number of benzene rings is 1. The minimum Gasteiger partial charge on any atom is -0.393 e. The number of carbonyl (C=O) groups excluding carboxylic acids is 1. The Labute approximate surface area is 162 Å². The predicted octanol–water partition coefficient (Wildman–Crippen LogP) is 2.51. The van der Waals surface area contributed by atoms with Crippen molar-refractivity contribution in [1.29, 1.82) is 0 Å². The molecule has 0 radical (unpaired) electrons. The smallest absolute Gasteiger partial charge is 0.292 e. The number of likely N-dealkylation sites (tertiary alicyclic amines) is 1. The van der Waals surface area contributed by atoms with E-state index in [1.165, 1.54) is 18.6 Å². The Kier molecular flexibility index (Phi) is 4.97. The highest BCUT2D eigenvalue weighted by Gasteiger charge is 2.30. The van der Waals surface area contributed by atoms with Crippen LogP contribution >= 0.6 is 0 Å². The first-order valence-corrected chi connectivity index (χ1v) is 9.80. The molecule has 9 heteroatoms. The summed E-state index contributed by atoms with van der Waals surface area (Å²) >= 11 is 0. The zero-order chi connectivity index (χ0) is 19.7. The Balaban J connectivity index is 1.54. The highest BCUT2D eigenvalue weighted by molar-refractivity contribution is 5.95. The number of hydrogen-bond acceptors (Lipinski definition) is 6. The lowest BCUT2D eigenvalue weighted by atomic mass is 9.96. The van der Waals surface area contributed by atoms with Gasteiger partial charge in [0.1, 0.15) is 17.3 Å². The van der Waals surface area contributed by atoms with Gasteiger partial charge in [0.25, 0.3) is 11.6 Å². The molecule has 0 aliphatic carbocycles. The average Bonchev–Trinajstić information content (AvgIpc) is 2.96. The molecular formula is C19H24N6O3. The summed E-state index contributed by atoms with van der Waals surface area (Å²) < 4.78 is 2.24.